The number of para-hydroxylation sites is 1. The van der Waals surface area contributed by atoms with Crippen molar-refractivity contribution >= 4 is 22.5 Å². The maximum Gasteiger partial charge on any atom is 0.0720 e. The highest BCUT2D eigenvalue weighted by Gasteiger charge is 2.18. The monoisotopic (exact) mass is 260 g/mol. The number of halogens is 1. The number of aromatic nitrogens is 1. The first-order chi connectivity index (χ1) is 8.79. The van der Waals surface area contributed by atoms with Gasteiger partial charge in [0.2, 0.25) is 0 Å². The molecule has 94 valence electrons. The number of hydrogen-bond donors (Lipinski definition) is 0. The van der Waals surface area contributed by atoms with Crippen molar-refractivity contribution in [2.24, 2.45) is 0 Å². The van der Waals surface area contributed by atoms with Gasteiger partial charge in [-0.2, -0.15) is 0 Å². The third-order valence-electron chi connectivity index (χ3n) is 3.73. The van der Waals surface area contributed by atoms with Crippen LogP contribution in [0.3, 0.4) is 0 Å². The van der Waals surface area contributed by atoms with Crippen LogP contribution in [0.2, 0.25) is 5.02 Å². The summed E-state index contributed by atoms with van der Waals surface area (Å²) >= 11 is 6.59. The Balaban J connectivity index is 2.18. The van der Waals surface area contributed by atoms with E-state index in [2.05, 4.69) is 17.9 Å². The molecule has 0 saturated heterocycles. The first kappa shape index (κ1) is 11.9. The third kappa shape index (κ3) is 2.00. The van der Waals surface area contributed by atoms with Gasteiger partial charge in [0.1, 0.15) is 0 Å². The summed E-state index contributed by atoms with van der Waals surface area (Å²) in [5, 5.41) is 1.98. The Morgan fingerprint density at radius 1 is 1.33 bits per heavy atom. The van der Waals surface area contributed by atoms with Crippen molar-refractivity contribution in [3.8, 4) is 0 Å². The standard InChI is InChI=1S/C15H17ClN2/c1-2-18-9-5-8-14-12(10-18)15(16)11-6-3-4-7-13(11)17-14/h3-4,6-7H,2,5,8-10H2,1H3. The number of hydrogen-bond acceptors (Lipinski definition) is 2. The summed E-state index contributed by atoms with van der Waals surface area (Å²) in [6.07, 6.45) is 2.21. The van der Waals surface area contributed by atoms with Gasteiger partial charge in [-0.15, -0.1) is 0 Å². The van der Waals surface area contributed by atoms with Crippen LogP contribution < -0.4 is 0 Å². The Morgan fingerprint density at radius 3 is 3.00 bits per heavy atom. The molecule has 0 saturated carbocycles. The molecule has 0 atom stereocenters. The van der Waals surface area contributed by atoms with Crippen molar-refractivity contribution in [3.05, 3.63) is 40.5 Å². The largest absolute Gasteiger partial charge is 0.299 e. The van der Waals surface area contributed by atoms with Gasteiger partial charge in [0.05, 0.1) is 10.5 Å². The third-order valence-corrected chi connectivity index (χ3v) is 4.16. The molecule has 3 heteroatoms. The van der Waals surface area contributed by atoms with E-state index in [4.69, 9.17) is 16.6 Å². The van der Waals surface area contributed by atoms with E-state index in [0.29, 0.717) is 0 Å². The van der Waals surface area contributed by atoms with Crippen molar-refractivity contribution in [3.63, 3.8) is 0 Å². The summed E-state index contributed by atoms with van der Waals surface area (Å²) < 4.78 is 0. The highest BCUT2D eigenvalue weighted by atomic mass is 35.5. The average Bonchev–Trinajstić information content (AvgIpc) is 2.61. The summed E-state index contributed by atoms with van der Waals surface area (Å²) in [5.41, 5.74) is 3.44. The molecule has 3 rings (SSSR count). The molecule has 0 N–H and O–H groups in total. The molecule has 0 amide bonds. The zero-order valence-corrected chi connectivity index (χ0v) is 11.4. The van der Waals surface area contributed by atoms with Gasteiger partial charge >= 0.3 is 0 Å². The first-order valence-corrected chi connectivity index (χ1v) is 6.95. The molecule has 18 heavy (non-hydrogen) atoms. The molecule has 0 fully saturated rings. The number of fused-ring (bicyclic) bond motifs is 2. The molecule has 1 aromatic carbocycles. The van der Waals surface area contributed by atoms with Gasteiger partial charge in [0.15, 0.2) is 0 Å². The van der Waals surface area contributed by atoms with E-state index >= 15 is 0 Å². The Bertz CT molecular complexity index is 580. The molecule has 1 aromatic heterocycles. The van der Waals surface area contributed by atoms with Gasteiger partial charge in [0, 0.05) is 23.2 Å². The minimum atomic E-state index is 0.899. The van der Waals surface area contributed by atoms with Gasteiger partial charge in [-0.1, -0.05) is 36.7 Å². The van der Waals surface area contributed by atoms with Crippen molar-refractivity contribution in [1.82, 2.24) is 9.88 Å². The molecule has 0 spiro atoms. The predicted octanol–water partition coefficient (Wildman–Crippen LogP) is 3.66. The topological polar surface area (TPSA) is 16.1 Å². The molecule has 1 aliphatic rings. The van der Waals surface area contributed by atoms with Crippen LogP contribution in [0.1, 0.15) is 24.6 Å². The van der Waals surface area contributed by atoms with Crippen LogP contribution in [0, 0.1) is 0 Å². The molecule has 0 unspecified atom stereocenters. The number of aryl methyl sites for hydroxylation is 1. The van der Waals surface area contributed by atoms with Crippen LogP contribution in [0.5, 0.6) is 0 Å². The summed E-state index contributed by atoms with van der Waals surface area (Å²) in [7, 11) is 0. The molecule has 2 nitrogen and oxygen atoms in total. The van der Waals surface area contributed by atoms with E-state index in [1.54, 1.807) is 0 Å². The van der Waals surface area contributed by atoms with Crippen LogP contribution in [0.4, 0.5) is 0 Å². The summed E-state index contributed by atoms with van der Waals surface area (Å²) in [6.45, 7) is 5.35. The highest BCUT2D eigenvalue weighted by Crippen LogP contribution is 2.31. The van der Waals surface area contributed by atoms with Crippen molar-refractivity contribution in [1.29, 1.82) is 0 Å². The van der Waals surface area contributed by atoms with Gasteiger partial charge in [-0.3, -0.25) is 9.88 Å². The smallest absolute Gasteiger partial charge is 0.0720 e. The van der Waals surface area contributed by atoms with Crippen molar-refractivity contribution in [2.45, 2.75) is 26.3 Å². The SMILES string of the molecule is CCN1CCCc2nc3ccccc3c(Cl)c2C1. The zero-order chi connectivity index (χ0) is 12.5. The normalized spacial score (nSPS) is 16.6. The van der Waals surface area contributed by atoms with Gasteiger partial charge in [0.25, 0.3) is 0 Å². The lowest BCUT2D eigenvalue weighted by molar-refractivity contribution is 0.285. The second-order valence-electron chi connectivity index (χ2n) is 4.84. The fourth-order valence-electron chi connectivity index (χ4n) is 2.67. The maximum atomic E-state index is 6.59. The highest BCUT2D eigenvalue weighted by molar-refractivity contribution is 6.36. The molecule has 0 radical (unpaired) electrons. The Labute approximate surface area is 113 Å². The van der Waals surface area contributed by atoms with Crippen LogP contribution in [0.15, 0.2) is 24.3 Å². The lowest BCUT2D eigenvalue weighted by Crippen LogP contribution is -2.22. The van der Waals surface area contributed by atoms with Crippen LogP contribution in [-0.2, 0) is 13.0 Å². The second-order valence-corrected chi connectivity index (χ2v) is 5.22. The first-order valence-electron chi connectivity index (χ1n) is 6.58. The lowest BCUT2D eigenvalue weighted by atomic mass is 10.1. The van der Waals surface area contributed by atoms with E-state index < -0.39 is 0 Å². The summed E-state index contributed by atoms with van der Waals surface area (Å²) in [6, 6.07) is 8.15. The quantitative estimate of drug-likeness (QED) is 0.778. The predicted molar refractivity (Wildman–Crippen MR) is 76.0 cm³/mol. The number of pyridine rings is 1. The average molecular weight is 261 g/mol. The zero-order valence-electron chi connectivity index (χ0n) is 10.6. The van der Waals surface area contributed by atoms with Crippen molar-refractivity contribution in [2.75, 3.05) is 13.1 Å². The Kier molecular flexibility index (Phi) is 3.23. The maximum absolute atomic E-state index is 6.59. The molecule has 2 aromatic rings. The van der Waals surface area contributed by atoms with Crippen LogP contribution in [-0.4, -0.2) is 23.0 Å². The number of rotatable bonds is 1. The molecule has 1 aliphatic heterocycles. The number of benzene rings is 1. The number of nitrogens with zero attached hydrogens (tertiary/aromatic N) is 2. The van der Waals surface area contributed by atoms with Crippen molar-refractivity contribution < 1.29 is 0 Å². The van der Waals surface area contributed by atoms with Crippen LogP contribution in [0.25, 0.3) is 10.9 Å². The summed E-state index contributed by atoms with van der Waals surface area (Å²) in [4.78, 5) is 7.23. The van der Waals surface area contributed by atoms with E-state index in [9.17, 15) is 0 Å². The minimum Gasteiger partial charge on any atom is -0.299 e. The molecule has 2 heterocycles. The van der Waals surface area contributed by atoms with Gasteiger partial charge in [-0.05, 0) is 32.0 Å². The van der Waals surface area contributed by atoms with E-state index in [-0.39, 0.29) is 0 Å². The van der Waals surface area contributed by atoms with Gasteiger partial charge < -0.3 is 0 Å². The lowest BCUT2D eigenvalue weighted by Gasteiger charge is -2.18. The van der Waals surface area contributed by atoms with E-state index in [1.807, 2.05) is 18.2 Å². The Morgan fingerprint density at radius 2 is 2.17 bits per heavy atom. The molecule has 0 aliphatic carbocycles. The van der Waals surface area contributed by atoms with Crippen LogP contribution >= 0.6 is 11.6 Å². The summed E-state index contributed by atoms with van der Waals surface area (Å²) in [5.74, 6) is 0. The molecular formula is C15H17ClN2. The second kappa shape index (κ2) is 4.87. The molecular weight excluding hydrogens is 244 g/mol. The van der Waals surface area contributed by atoms with E-state index in [1.165, 1.54) is 17.7 Å². The molecule has 0 bridgehead atoms. The fourth-order valence-corrected chi connectivity index (χ4v) is 3.00. The van der Waals surface area contributed by atoms with E-state index in [0.717, 1.165) is 42.0 Å². The van der Waals surface area contributed by atoms with Gasteiger partial charge in [-0.25, -0.2) is 0 Å². The minimum absolute atomic E-state index is 0.899. The fraction of sp³-hybridized carbons (Fsp3) is 0.400. The Hall–Kier alpha value is -1.12.